The number of allylic oxidation sites excluding steroid dienone is 2. The van der Waals surface area contributed by atoms with Gasteiger partial charge < -0.3 is 4.90 Å². The summed E-state index contributed by atoms with van der Waals surface area (Å²) in [6.45, 7) is 4.27. The molecule has 0 bridgehead atoms. The van der Waals surface area contributed by atoms with E-state index in [9.17, 15) is 4.79 Å². The molecule has 1 heterocycles. The Morgan fingerprint density at radius 1 is 0.750 bits per heavy atom. The van der Waals surface area contributed by atoms with Gasteiger partial charge in [0, 0.05) is 19.5 Å². The molecule has 1 rings (SSSR count). The van der Waals surface area contributed by atoms with Crippen molar-refractivity contribution in [2.75, 3.05) is 13.1 Å². The maximum Gasteiger partial charge on any atom is 0.222 e. The van der Waals surface area contributed by atoms with Crippen LogP contribution in [0.25, 0.3) is 0 Å². The van der Waals surface area contributed by atoms with E-state index in [-0.39, 0.29) is 0 Å². The molecule has 0 N–H and O–H groups in total. The van der Waals surface area contributed by atoms with Gasteiger partial charge in [-0.3, -0.25) is 4.79 Å². The highest BCUT2D eigenvalue weighted by Gasteiger charge is 2.16. The number of hydrogen-bond acceptors (Lipinski definition) is 1. The lowest BCUT2D eigenvalue weighted by atomic mass is 10.1. The van der Waals surface area contributed by atoms with Gasteiger partial charge in [0.15, 0.2) is 0 Å². The number of amides is 1. The zero-order valence-electron chi connectivity index (χ0n) is 16.2. The number of carbonyl (C=O) groups excluding carboxylic acids is 1. The average molecular weight is 336 g/mol. The third-order valence-corrected chi connectivity index (χ3v) is 5.11. The summed E-state index contributed by atoms with van der Waals surface area (Å²) in [5.41, 5.74) is 0. The van der Waals surface area contributed by atoms with Crippen molar-refractivity contribution in [3.05, 3.63) is 12.2 Å². The van der Waals surface area contributed by atoms with Crippen LogP contribution in [-0.2, 0) is 4.79 Å². The molecular weight excluding hydrogens is 294 g/mol. The Bertz CT molecular complexity index is 318. The number of hydrogen-bond donors (Lipinski definition) is 0. The summed E-state index contributed by atoms with van der Waals surface area (Å²) >= 11 is 0. The second kappa shape index (κ2) is 15.7. The molecule has 1 aliphatic heterocycles. The molecule has 1 saturated heterocycles. The van der Waals surface area contributed by atoms with Crippen LogP contribution >= 0.6 is 0 Å². The molecule has 0 aromatic carbocycles. The predicted molar refractivity (Wildman–Crippen MR) is 105 cm³/mol. The predicted octanol–water partition coefficient (Wildman–Crippen LogP) is 6.65. The molecule has 2 nitrogen and oxygen atoms in total. The summed E-state index contributed by atoms with van der Waals surface area (Å²) in [5, 5.41) is 0. The van der Waals surface area contributed by atoms with E-state index < -0.39 is 0 Å². The highest BCUT2D eigenvalue weighted by Crippen LogP contribution is 2.12. The average Bonchev–Trinajstić information content (AvgIpc) is 3.13. The first kappa shape index (κ1) is 21.3. The zero-order chi connectivity index (χ0) is 17.3. The lowest BCUT2D eigenvalue weighted by molar-refractivity contribution is -0.130. The fourth-order valence-corrected chi connectivity index (χ4v) is 3.48. The van der Waals surface area contributed by atoms with Gasteiger partial charge in [0.25, 0.3) is 0 Å². The van der Waals surface area contributed by atoms with Crippen molar-refractivity contribution in [3.63, 3.8) is 0 Å². The first-order valence-corrected chi connectivity index (χ1v) is 10.8. The van der Waals surface area contributed by atoms with Crippen LogP contribution in [0.15, 0.2) is 12.2 Å². The Hall–Kier alpha value is -0.790. The van der Waals surface area contributed by atoms with Gasteiger partial charge in [-0.25, -0.2) is 0 Å². The zero-order valence-corrected chi connectivity index (χ0v) is 16.2. The Morgan fingerprint density at radius 3 is 1.83 bits per heavy atom. The number of rotatable bonds is 15. The van der Waals surface area contributed by atoms with E-state index in [2.05, 4.69) is 19.1 Å². The van der Waals surface area contributed by atoms with Gasteiger partial charge >= 0.3 is 0 Å². The van der Waals surface area contributed by atoms with Gasteiger partial charge in [-0.15, -0.1) is 0 Å². The quantitative estimate of drug-likeness (QED) is 0.242. The molecule has 0 saturated carbocycles. The van der Waals surface area contributed by atoms with Crippen molar-refractivity contribution >= 4 is 5.91 Å². The topological polar surface area (TPSA) is 20.3 Å². The third kappa shape index (κ3) is 11.7. The lowest BCUT2D eigenvalue weighted by Gasteiger charge is -2.14. The molecule has 24 heavy (non-hydrogen) atoms. The number of carbonyl (C=O) groups is 1. The van der Waals surface area contributed by atoms with Crippen LogP contribution in [-0.4, -0.2) is 23.9 Å². The number of nitrogens with zero attached hydrogens (tertiary/aromatic N) is 1. The van der Waals surface area contributed by atoms with Gasteiger partial charge in [0.2, 0.25) is 5.91 Å². The molecule has 1 aliphatic rings. The van der Waals surface area contributed by atoms with E-state index >= 15 is 0 Å². The van der Waals surface area contributed by atoms with E-state index in [1.165, 1.54) is 83.5 Å². The summed E-state index contributed by atoms with van der Waals surface area (Å²) in [6, 6.07) is 0. The molecule has 1 amide bonds. The summed E-state index contributed by atoms with van der Waals surface area (Å²) in [6.07, 6.45) is 25.1. The molecule has 2 heteroatoms. The molecule has 0 unspecified atom stereocenters. The van der Waals surface area contributed by atoms with Gasteiger partial charge in [-0.1, -0.05) is 76.9 Å². The van der Waals surface area contributed by atoms with E-state index in [4.69, 9.17) is 0 Å². The SMILES string of the molecule is CCCCCCCCCCCCC=CCCCC(=O)N1CCCC1. The minimum Gasteiger partial charge on any atom is -0.343 e. The Kier molecular flexibility index (Phi) is 13.9. The summed E-state index contributed by atoms with van der Waals surface area (Å²) < 4.78 is 0. The molecule has 0 aromatic heterocycles. The van der Waals surface area contributed by atoms with Gasteiger partial charge in [-0.05, 0) is 38.5 Å². The van der Waals surface area contributed by atoms with Crippen molar-refractivity contribution < 1.29 is 4.79 Å². The van der Waals surface area contributed by atoms with E-state index in [0.29, 0.717) is 5.91 Å². The maximum absolute atomic E-state index is 11.9. The summed E-state index contributed by atoms with van der Waals surface area (Å²) in [7, 11) is 0. The smallest absolute Gasteiger partial charge is 0.222 e. The molecule has 0 spiro atoms. The largest absolute Gasteiger partial charge is 0.343 e. The fourth-order valence-electron chi connectivity index (χ4n) is 3.48. The van der Waals surface area contributed by atoms with Crippen LogP contribution in [0.5, 0.6) is 0 Å². The third-order valence-electron chi connectivity index (χ3n) is 5.11. The molecule has 0 aliphatic carbocycles. The van der Waals surface area contributed by atoms with Crippen LogP contribution in [0.4, 0.5) is 0 Å². The van der Waals surface area contributed by atoms with Crippen LogP contribution in [0, 0.1) is 0 Å². The molecular formula is C22H41NO. The highest BCUT2D eigenvalue weighted by molar-refractivity contribution is 5.76. The standard InChI is InChI=1S/C22H41NO/c1-2-3-4-5-6-7-8-9-10-11-12-13-14-15-16-19-22(24)23-20-17-18-21-23/h13-14H,2-12,15-21H2,1H3. The second-order valence-electron chi connectivity index (χ2n) is 7.42. The maximum atomic E-state index is 11.9. The fraction of sp³-hybridized carbons (Fsp3) is 0.864. The van der Waals surface area contributed by atoms with Crippen molar-refractivity contribution in [2.24, 2.45) is 0 Å². The summed E-state index contributed by atoms with van der Waals surface area (Å²) in [5.74, 6) is 0.371. The Morgan fingerprint density at radius 2 is 1.25 bits per heavy atom. The highest BCUT2D eigenvalue weighted by atomic mass is 16.2. The second-order valence-corrected chi connectivity index (χ2v) is 7.42. The van der Waals surface area contributed by atoms with Crippen LogP contribution < -0.4 is 0 Å². The lowest BCUT2D eigenvalue weighted by Crippen LogP contribution is -2.27. The normalized spacial score (nSPS) is 14.8. The molecule has 0 radical (unpaired) electrons. The molecule has 1 fully saturated rings. The van der Waals surface area contributed by atoms with E-state index in [0.717, 1.165) is 32.4 Å². The summed E-state index contributed by atoms with van der Waals surface area (Å²) in [4.78, 5) is 13.9. The Balaban J connectivity index is 1.77. The Labute approximate surface area is 151 Å². The minimum absolute atomic E-state index is 0.371. The minimum atomic E-state index is 0.371. The monoisotopic (exact) mass is 335 g/mol. The van der Waals surface area contributed by atoms with Gasteiger partial charge in [0.05, 0.1) is 0 Å². The van der Waals surface area contributed by atoms with Crippen molar-refractivity contribution in [3.8, 4) is 0 Å². The van der Waals surface area contributed by atoms with Gasteiger partial charge in [-0.2, -0.15) is 0 Å². The number of unbranched alkanes of at least 4 members (excludes halogenated alkanes) is 11. The number of likely N-dealkylation sites (tertiary alicyclic amines) is 1. The van der Waals surface area contributed by atoms with Crippen LogP contribution in [0.1, 0.15) is 110 Å². The van der Waals surface area contributed by atoms with E-state index in [1.54, 1.807) is 0 Å². The van der Waals surface area contributed by atoms with Crippen molar-refractivity contribution in [2.45, 2.75) is 110 Å². The van der Waals surface area contributed by atoms with Crippen molar-refractivity contribution in [1.29, 1.82) is 0 Å². The first-order valence-electron chi connectivity index (χ1n) is 10.8. The molecule has 140 valence electrons. The van der Waals surface area contributed by atoms with Crippen LogP contribution in [0.3, 0.4) is 0 Å². The molecule has 0 aromatic rings. The van der Waals surface area contributed by atoms with Crippen molar-refractivity contribution in [1.82, 2.24) is 4.90 Å². The van der Waals surface area contributed by atoms with Crippen LogP contribution in [0.2, 0.25) is 0 Å². The first-order chi connectivity index (χ1) is 11.8. The van der Waals surface area contributed by atoms with Gasteiger partial charge in [0.1, 0.15) is 0 Å². The molecule has 0 atom stereocenters. The van der Waals surface area contributed by atoms with E-state index in [1.807, 2.05) is 4.90 Å².